The summed E-state index contributed by atoms with van der Waals surface area (Å²) in [4.78, 5) is 14.2. The van der Waals surface area contributed by atoms with E-state index in [1.165, 1.54) is 16.3 Å². The summed E-state index contributed by atoms with van der Waals surface area (Å²) in [5.74, 6) is 0.508. The molecule has 1 aliphatic heterocycles. The molecule has 1 saturated heterocycles. The zero-order chi connectivity index (χ0) is 16.4. The minimum absolute atomic E-state index is 0.0484. The number of carbonyl (C=O) groups excluding carboxylic acids is 1. The number of nitrogens with zero attached hydrogens (tertiary/aromatic N) is 2. The number of fused-ring (bicyclic) bond motifs is 1. The third-order valence-electron chi connectivity index (χ3n) is 4.79. The van der Waals surface area contributed by atoms with Crippen molar-refractivity contribution in [2.45, 2.75) is 18.8 Å². The zero-order valence-corrected chi connectivity index (χ0v) is 13.4. The van der Waals surface area contributed by atoms with Gasteiger partial charge in [-0.3, -0.25) is 5.10 Å². The van der Waals surface area contributed by atoms with E-state index in [-0.39, 0.29) is 6.03 Å². The summed E-state index contributed by atoms with van der Waals surface area (Å²) >= 11 is 0. The molecule has 2 heterocycles. The predicted octanol–water partition coefficient (Wildman–Crippen LogP) is 3.97. The molecule has 5 heteroatoms. The number of nitrogens with one attached hydrogen (secondary N) is 2. The van der Waals surface area contributed by atoms with E-state index < -0.39 is 0 Å². The number of H-pyrrole nitrogens is 1. The van der Waals surface area contributed by atoms with Crippen molar-refractivity contribution in [3.8, 4) is 0 Å². The lowest BCUT2D eigenvalue weighted by Crippen LogP contribution is -2.40. The van der Waals surface area contributed by atoms with Crippen LogP contribution in [0.5, 0.6) is 0 Å². The van der Waals surface area contributed by atoms with Crippen LogP contribution in [0.15, 0.2) is 54.9 Å². The van der Waals surface area contributed by atoms with Crippen LogP contribution in [0, 0.1) is 0 Å². The molecule has 0 atom stereocenters. The van der Waals surface area contributed by atoms with Gasteiger partial charge in [-0.1, -0.05) is 42.5 Å². The molecule has 0 saturated carbocycles. The van der Waals surface area contributed by atoms with Crippen molar-refractivity contribution >= 4 is 22.5 Å². The topological polar surface area (TPSA) is 61.0 Å². The summed E-state index contributed by atoms with van der Waals surface area (Å²) in [6.07, 6.45) is 5.28. The van der Waals surface area contributed by atoms with Gasteiger partial charge in [-0.25, -0.2) is 4.79 Å². The highest BCUT2D eigenvalue weighted by Gasteiger charge is 2.24. The van der Waals surface area contributed by atoms with E-state index in [2.05, 4.69) is 58.0 Å². The number of carbonyl (C=O) groups is 1. The van der Waals surface area contributed by atoms with Gasteiger partial charge in [0.15, 0.2) is 0 Å². The molecule has 0 aliphatic carbocycles. The summed E-state index contributed by atoms with van der Waals surface area (Å²) in [6, 6.07) is 15.0. The maximum Gasteiger partial charge on any atom is 0.321 e. The number of anilines is 1. The van der Waals surface area contributed by atoms with E-state index in [9.17, 15) is 4.79 Å². The van der Waals surface area contributed by atoms with E-state index >= 15 is 0 Å². The van der Waals surface area contributed by atoms with Gasteiger partial charge in [0.05, 0.1) is 11.9 Å². The molecule has 24 heavy (non-hydrogen) atoms. The van der Waals surface area contributed by atoms with Gasteiger partial charge in [0.1, 0.15) is 0 Å². The van der Waals surface area contributed by atoms with Crippen LogP contribution in [0.1, 0.15) is 24.3 Å². The molecule has 1 fully saturated rings. The van der Waals surface area contributed by atoms with Crippen LogP contribution >= 0.6 is 0 Å². The number of urea groups is 1. The number of piperidine rings is 1. The standard InChI is InChI=1S/C19H20N4O/c24-19(22-16-12-20-21-13-16)23-10-8-15(9-11-23)18-7-3-5-14-4-1-2-6-17(14)18/h1-7,12-13,15H,8-11H2,(H,20,21)(H,22,24). The van der Waals surface area contributed by atoms with Gasteiger partial charge in [-0.05, 0) is 35.1 Å². The predicted molar refractivity (Wildman–Crippen MR) is 95.1 cm³/mol. The van der Waals surface area contributed by atoms with E-state index in [0.29, 0.717) is 11.6 Å². The van der Waals surface area contributed by atoms with Crippen molar-refractivity contribution in [3.63, 3.8) is 0 Å². The zero-order valence-electron chi connectivity index (χ0n) is 13.4. The fraction of sp³-hybridized carbons (Fsp3) is 0.263. The van der Waals surface area contributed by atoms with E-state index in [4.69, 9.17) is 0 Å². The minimum atomic E-state index is -0.0484. The Morgan fingerprint density at radius 3 is 2.71 bits per heavy atom. The monoisotopic (exact) mass is 320 g/mol. The first-order valence-corrected chi connectivity index (χ1v) is 8.33. The molecule has 122 valence electrons. The molecule has 2 amide bonds. The van der Waals surface area contributed by atoms with Crippen molar-refractivity contribution < 1.29 is 4.79 Å². The Morgan fingerprint density at radius 2 is 1.92 bits per heavy atom. The fourth-order valence-corrected chi connectivity index (χ4v) is 3.52. The average Bonchev–Trinajstić information content (AvgIpc) is 3.14. The SMILES string of the molecule is O=C(Nc1cn[nH]c1)N1CCC(c2cccc3ccccc23)CC1. The maximum atomic E-state index is 12.3. The molecule has 2 N–H and O–H groups in total. The first-order valence-electron chi connectivity index (χ1n) is 8.33. The lowest BCUT2D eigenvalue weighted by Gasteiger charge is -2.32. The molecule has 0 bridgehead atoms. The molecule has 1 aliphatic rings. The fourth-order valence-electron chi connectivity index (χ4n) is 3.52. The summed E-state index contributed by atoms with van der Waals surface area (Å²) < 4.78 is 0. The molecular formula is C19H20N4O. The first kappa shape index (κ1) is 14.8. The number of likely N-dealkylation sites (tertiary alicyclic amines) is 1. The summed E-state index contributed by atoms with van der Waals surface area (Å²) in [7, 11) is 0. The van der Waals surface area contributed by atoms with Crippen LogP contribution in [-0.2, 0) is 0 Å². The van der Waals surface area contributed by atoms with Gasteiger partial charge < -0.3 is 10.2 Å². The third kappa shape index (κ3) is 2.85. The van der Waals surface area contributed by atoms with Crippen LogP contribution < -0.4 is 5.32 Å². The number of hydrogen-bond acceptors (Lipinski definition) is 2. The van der Waals surface area contributed by atoms with Crippen LogP contribution in [0.2, 0.25) is 0 Å². The van der Waals surface area contributed by atoms with Crippen LogP contribution in [0.4, 0.5) is 10.5 Å². The van der Waals surface area contributed by atoms with Crippen molar-refractivity contribution in [1.29, 1.82) is 0 Å². The number of aromatic nitrogens is 2. The second-order valence-corrected chi connectivity index (χ2v) is 6.25. The number of rotatable bonds is 2. The van der Waals surface area contributed by atoms with E-state index in [0.717, 1.165) is 25.9 Å². The largest absolute Gasteiger partial charge is 0.324 e. The highest BCUT2D eigenvalue weighted by molar-refractivity contribution is 5.89. The number of aromatic amines is 1. The Kier molecular flexibility index (Phi) is 3.91. The Labute approximate surface area is 140 Å². The molecular weight excluding hydrogens is 300 g/mol. The van der Waals surface area contributed by atoms with E-state index in [1.807, 2.05) is 4.90 Å². The normalized spacial score (nSPS) is 15.6. The molecule has 1 aromatic heterocycles. The lowest BCUT2D eigenvalue weighted by molar-refractivity contribution is 0.195. The van der Waals surface area contributed by atoms with E-state index in [1.54, 1.807) is 12.4 Å². The van der Waals surface area contributed by atoms with Crippen molar-refractivity contribution in [1.82, 2.24) is 15.1 Å². The Hall–Kier alpha value is -2.82. The maximum absolute atomic E-state index is 12.3. The first-order chi connectivity index (χ1) is 11.8. The Balaban J connectivity index is 1.45. The second-order valence-electron chi connectivity index (χ2n) is 6.25. The van der Waals surface area contributed by atoms with Crippen LogP contribution in [-0.4, -0.2) is 34.2 Å². The number of benzene rings is 2. The molecule has 0 unspecified atom stereocenters. The lowest BCUT2D eigenvalue weighted by atomic mass is 9.86. The average molecular weight is 320 g/mol. The second kappa shape index (κ2) is 6.35. The Bertz CT molecular complexity index is 830. The molecule has 0 radical (unpaired) electrons. The van der Waals surface area contributed by atoms with Gasteiger partial charge in [0, 0.05) is 19.3 Å². The summed E-state index contributed by atoms with van der Waals surface area (Å²) in [6.45, 7) is 1.55. The summed E-state index contributed by atoms with van der Waals surface area (Å²) in [5.41, 5.74) is 2.11. The quantitative estimate of drug-likeness (QED) is 0.750. The highest BCUT2D eigenvalue weighted by Crippen LogP contribution is 2.33. The van der Waals surface area contributed by atoms with Crippen LogP contribution in [0.3, 0.4) is 0 Å². The van der Waals surface area contributed by atoms with Crippen molar-refractivity contribution in [2.24, 2.45) is 0 Å². The summed E-state index contributed by atoms with van der Waals surface area (Å²) in [5, 5.41) is 12.0. The van der Waals surface area contributed by atoms with Gasteiger partial charge in [0.25, 0.3) is 0 Å². The van der Waals surface area contributed by atoms with Gasteiger partial charge >= 0.3 is 6.03 Å². The van der Waals surface area contributed by atoms with Crippen LogP contribution in [0.25, 0.3) is 10.8 Å². The highest BCUT2D eigenvalue weighted by atomic mass is 16.2. The molecule has 2 aromatic carbocycles. The Morgan fingerprint density at radius 1 is 1.12 bits per heavy atom. The van der Waals surface area contributed by atoms with Gasteiger partial charge in [-0.2, -0.15) is 5.10 Å². The molecule has 5 nitrogen and oxygen atoms in total. The van der Waals surface area contributed by atoms with Gasteiger partial charge in [0.2, 0.25) is 0 Å². The minimum Gasteiger partial charge on any atom is -0.324 e. The number of amides is 2. The van der Waals surface area contributed by atoms with Gasteiger partial charge in [-0.15, -0.1) is 0 Å². The molecule has 4 rings (SSSR count). The molecule has 3 aromatic rings. The van der Waals surface area contributed by atoms with Crippen molar-refractivity contribution in [2.75, 3.05) is 18.4 Å². The third-order valence-corrected chi connectivity index (χ3v) is 4.79. The molecule has 0 spiro atoms. The smallest absolute Gasteiger partial charge is 0.321 e. The van der Waals surface area contributed by atoms with Crippen molar-refractivity contribution in [3.05, 3.63) is 60.4 Å². The number of hydrogen-bond donors (Lipinski definition) is 2.